The van der Waals surface area contributed by atoms with Crippen molar-refractivity contribution in [3.05, 3.63) is 49.2 Å². The molecule has 0 saturated carbocycles. The van der Waals surface area contributed by atoms with Crippen LogP contribution < -0.4 is 0 Å². The van der Waals surface area contributed by atoms with E-state index in [0.29, 0.717) is 12.1 Å². The predicted molar refractivity (Wildman–Crippen MR) is 70.3 cm³/mol. The molecule has 0 bridgehead atoms. The summed E-state index contributed by atoms with van der Waals surface area (Å²) in [7, 11) is 0. The van der Waals surface area contributed by atoms with Crippen molar-refractivity contribution >= 4 is 40.5 Å². The first-order valence-corrected chi connectivity index (χ1v) is 6.21. The fourth-order valence-corrected chi connectivity index (χ4v) is 2.43. The van der Waals surface area contributed by atoms with Gasteiger partial charge in [-0.2, -0.15) is 18.3 Å². The zero-order chi connectivity index (χ0) is 15.9. The molecule has 0 atom stereocenters. The van der Waals surface area contributed by atoms with E-state index in [9.17, 15) is 23.3 Å². The number of benzene rings is 1. The zero-order valence-electron chi connectivity index (χ0n) is 9.66. The molecule has 5 nitrogen and oxygen atoms in total. The Hall–Kier alpha value is -1.51. The number of halogens is 6. The van der Waals surface area contributed by atoms with E-state index in [2.05, 4.69) is 5.10 Å². The van der Waals surface area contributed by atoms with Crippen LogP contribution in [0.25, 0.3) is 5.69 Å². The summed E-state index contributed by atoms with van der Waals surface area (Å²) in [5, 5.41) is 13.1. The minimum Gasteiger partial charge on any atom is -0.258 e. The third-order valence-electron chi connectivity index (χ3n) is 2.45. The number of nitrogens with zero attached hydrogens (tertiary/aromatic N) is 3. The van der Waals surface area contributed by atoms with E-state index in [4.69, 9.17) is 34.8 Å². The van der Waals surface area contributed by atoms with Gasteiger partial charge in [-0.3, -0.25) is 10.1 Å². The van der Waals surface area contributed by atoms with E-state index in [-0.39, 0.29) is 5.69 Å². The van der Waals surface area contributed by atoms with Gasteiger partial charge in [0.2, 0.25) is 5.15 Å². The molecule has 0 saturated heterocycles. The molecule has 1 heterocycles. The average molecular weight is 361 g/mol. The van der Waals surface area contributed by atoms with Crippen LogP contribution in [0.5, 0.6) is 0 Å². The van der Waals surface area contributed by atoms with E-state index in [1.165, 1.54) is 0 Å². The van der Waals surface area contributed by atoms with Crippen LogP contribution in [0.1, 0.15) is 5.56 Å². The van der Waals surface area contributed by atoms with E-state index < -0.39 is 37.5 Å². The Balaban J connectivity index is 2.63. The second-order valence-corrected chi connectivity index (χ2v) is 4.95. The molecule has 0 aliphatic rings. The zero-order valence-corrected chi connectivity index (χ0v) is 11.9. The summed E-state index contributed by atoms with van der Waals surface area (Å²) in [5.74, 6) is 0. The monoisotopic (exact) mass is 359 g/mol. The normalized spacial score (nSPS) is 11.7. The summed E-state index contributed by atoms with van der Waals surface area (Å²) in [5.41, 5.74) is -1.76. The molecule has 2 aromatic rings. The van der Waals surface area contributed by atoms with Crippen LogP contribution in [0.2, 0.25) is 15.2 Å². The number of hydrogen-bond donors (Lipinski definition) is 0. The third kappa shape index (κ3) is 2.92. The fourth-order valence-electron chi connectivity index (χ4n) is 1.53. The Morgan fingerprint density at radius 1 is 1.19 bits per heavy atom. The maximum absolute atomic E-state index is 12.6. The number of nitro groups is 1. The minimum atomic E-state index is -4.63. The lowest BCUT2D eigenvalue weighted by atomic mass is 10.2. The van der Waals surface area contributed by atoms with Crippen molar-refractivity contribution in [3.8, 4) is 5.69 Å². The van der Waals surface area contributed by atoms with Crippen molar-refractivity contribution in [2.24, 2.45) is 0 Å². The summed E-state index contributed by atoms with van der Waals surface area (Å²) in [6.45, 7) is 0. The second kappa shape index (κ2) is 5.36. The Bertz CT molecular complexity index is 707. The molecule has 112 valence electrons. The smallest absolute Gasteiger partial charge is 0.258 e. The number of aromatic nitrogens is 2. The Morgan fingerprint density at radius 3 is 2.10 bits per heavy atom. The molecule has 0 unspecified atom stereocenters. The van der Waals surface area contributed by atoms with Crippen molar-refractivity contribution in [1.82, 2.24) is 9.78 Å². The first-order valence-electron chi connectivity index (χ1n) is 5.07. The molecule has 0 radical (unpaired) electrons. The molecule has 1 aromatic heterocycles. The highest BCUT2D eigenvalue weighted by Crippen LogP contribution is 2.39. The van der Waals surface area contributed by atoms with Gasteiger partial charge in [-0.15, -0.1) is 0 Å². The molecule has 0 aliphatic heterocycles. The summed E-state index contributed by atoms with van der Waals surface area (Å²) in [6, 6.07) is 1.26. The number of rotatable bonds is 2. The summed E-state index contributed by atoms with van der Waals surface area (Å²) < 4.78 is 38.6. The Morgan fingerprint density at radius 2 is 1.71 bits per heavy atom. The van der Waals surface area contributed by atoms with Crippen LogP contribution >= 0.6 is 34.8 Å². The van der Waals surface area contributed by atoms with E-state index in [0.717, 1.165) is 10.9 Å². The summed E-state index contributed by atoms with van der Waals surface area (Å²) >= 11 is 17.3. The molecule has 0 fully saturated rings. The van der Waals surface area contributed by atoms with Gasteiger partial charge in [-0.05, 0) is 12.1 Å². The van der Waals surface area contributed by atoms with Crippen molar-refractivity contribution in [2.45, 2.75) is 6.18 Å². The minimum absolute atomic E-state index is 0.176. The molecule has 0 aliphatic carbocycles. The van der Waals surface area contributed by atoms with Crippen LogP contribution in [0.15, 0.2) is 18.3 Å². The van der Waals surface area contributed by atoms with Crippen molar-refractivity contribution in [2.75, 3.05) is 0 Å². The standard InChI is InChI=1S/C10H3Cl3F3N3O2/c11-5-1-4(10(14,15)16)2-6(12)8(5)18-9(13)7(3-17-18)19(20)21/h1-3H. The van der Waals surface area contributed by atoms with E-state index >= 15 is 0 Å². The summed E-state index contributed by atoms with van der Waals surface area (Å²) in [6.07, 6.45) is -3.79. The van der Waals surface area contributed by atoms with Gasteiger partial charge in [0.05, 0.1) is 20.5 Å². The highest BCUT2D eigenvalue weighted by atomic mass is 35.5. The van der Waals surface area contributed by atoms with Gasteiger partial charge in [0.15, 0.2) is 0 Å². The van der Waals surface area contributed by atoms with Gasteiger partial charge < -0.3 is 0 Å². The molecule has 21 heavy (non-hydrogen) atoms. The van der Waals surface area contributed by atoms with E-state index in [1.54, 1.807) is 0 Å². The Kier molecular flexibility index (Phi) is 4.05. The molecule has 0 spiro atoms. The lowest BCUT2D eigenvalue weighted by molar-refractivity contribution is -0.384. The van der Waals surface area contributed by atoms with Gasteiger partial charge in [0.1, 0.15) is 11.9 Å². The lowest BCUT2D eigenvalue weighted by Crippen LogP contribution is -2.07. The number of alkyl halides is 3. The maximum Gasteiger partial charge on any atom is 0.416 e. The molecular weight excluding hydrogens is 357 g/mol. The highest BCUT2D eigenvalue weighted by Gasteiger charge is 2.33. The van der Waals surface area contributed by atoms with Gasteiger partial charge in [-0.25, -0.2) is 4.68 Å². The van der Waals surface area contributed by atoms with Crippen LogP contribution in [0, 0.1) is 10.1 Å². The second-order valence-electron chi connectivity index (χ2n) is 3.78. The Labute approximate surface area is 130 Å². The molecule has 1 aromatic carbocycles. The van der Waals surface area contributed by atoms with Gasteiger partial charge >= 0.3 is 11.9 Å². The van der Waals surface area contributed by atoms with Crippen LogP contribution in [-0.2, 0) is 6.18 Å². The first-order chi connectivity index (χ1) is 9.62. The molecule has 0 N–H and O–H groups in total. The molecule has 2 rings (SSSR count). The van der Waals surface area contributed by atoms with Crippen LogP contribution in [0.3, 0.4) is 0 Å². The van der Waals surface area contributed by atoms with E-state index in [1.807, 2.05) is 0 Å². The molecule has 11 heteroatoms. The quantitative estimate of drug-likeness (QED) is 0.573. The lowest BCUT2D eigenvalue weighted by Gasteiger charge is -2.12. The van der Waals surface area contributed by atoms with Crippen molar-refractivity contribution in [3.63, 3.8) is 0 Å². The first kappa shape index (κ1) is 15.9. The van der Waals surface area contributed by atoms with Gasteiger partial charge in [0.25, 0.3) is 0 Å². The van der Waals surface area contributed by atoms with Crippen molar-refractivity contribution < 1.29 is 18.1 Å². The van der Waals surface area contributed by atoms with Gasteiger partial charge in [0, 0.05) is 0 Å². The SMILES string of the molecule is O=[N+]([O-])c1cnn(-c2c(Cl)cc(C(F)(F)F)cc2Cl)c1Cl. The third-order valence-corrected chi connectivity index (χ3v) is 3.38. The van der Waals surface area contributed by atoms with Gasteiger partial charge in [-0.1, -0.05) is 34.8 Å². The fraction of sp³-hybridized carbons (Fsp3) is 0.100. The molecule has 0 amide bonds. The topological polar surface area (TPSA) is 61.0 Å². The van der Waals surface area contributed by atoms with Crippen molar-refractivity contribution in [1.29, 1.82) is 0 Å². The maximum atomic E-state index is 12.6. The predicted octanol–water partition coefficient (Wildman–Crippen LogP) is 4.76. The summed E-state index contributed by atoms with van der Waals surface area (Å²) in [4.78, 5) is 9.88. The largest absolute Gasteiger partial charge is 0.416 e. The van der Waals surface area contributed by atoms with Crippen LogP contribution in [0.4, 0.5) is 18.9 Å². The number of hydrogen-bond acceptors (Lipinski definition) is 3. The average Bonchev–Trinajstić information content (AvgIpc) is 2.69. The van der Waals surface area contributed by atoms with Crippen LogP contribution in [-0.4, -0.2) is 14.7 Å². The molecular formula is C10H3Cl3F3N3O2. The highest BCUT2D eigenvalue weighted by molar-refractivity contribution is 6.38.